The number of carbonyl (C=O) groups is 1. The zero-order valence-electron chi connectivity index (χ0n) is 24.7. The van der Waals surface area contributed by atoms with Gasteiger partial charge in [0.2, 0.25) is 10.0 Å². The minimum absolute atomic E-state index is 0.211. The molecule has 0 saturated carbocycles. The molecule has 218 valence electrons. The number of carbonyl (C=O) groups excluding carboxylic acids is 1. The summed E-state index contributed by atoms with van der Waals surface area (Å²) in [6, 6.07) is 8.81. The van der Waals surface area contributed by atoms with Gasteiger partial charge < -0.3 is 14.6 Å². The van der Waals surface area contributed by atoms with Crippen LogP contribution in [0.3, 0.4) is 0 Å². The summed E-state index contributed by atoms with van der Waals surface area (Å²) >= 11 is 0. The molecule has 0 saturated heterocycles. The van der Waals surface area contributed by atoms with Gasteiger partial charge in [0.25, 0.3) is 5.91 Å². The Morgan fingerprint density at radius 3 is 2.34 bits per heavy atom. The SMILES string of the molecule is CCc1nc(-c2cn(-c3cc(C(=O)Nc4cc(C(C)(C)C)cc(NS(C)(=O)=O)c4OC)ccc3C)nn2)cn1CC. The third-order valence-corrected chi connectivity index (χ3v) is 7.28. The Morgan fingerprint density at radius 2 is 1.76 bits per heavy atom. The van der Waals surface area contributed by atoms with Crippen LogP contribution in [0.5, 0.6) is 5.75 Å². The molecule has 0 unspecified atom stereocenters. The van der Waals surface area contributed by atoms with Crippen LogP contribution in [0.1, 0.15) is 61.9 Å². The minimum atomic E-state index is -3.60. The maximum atomic E-state index is 13.5. The normalized spacial score (nSPS) is 11.9. The number of nitrogens with zero attached hydrogens (tertiary/aromatic N) is 5. The van der Waals surface area contributed by atoms with Gasteiger partial charge in [0, 0.05) is 24.7 Å². The lowest BCUT2D eigenvalue weighted by Crippen LogP contribution is -2.18. The van der Waals surface area contributed by atoms with E-state index in [1.165, 1.54) is 7.11 Å². The molecule has 0 fully saturated rings. The lowest BCUT2D eigenvalue weighted by molar-refractivity contribution is 0.102. The fourth-order valence-electron chi connectivity index (χ4n) is 4.47. The number of sulfonamides is 1. The van der Waals surface area contributed by atoms with Crippen molar-refractivity contribution in [2.45, 2.75) is 59.9 Å². The maximum Gasteiger partial charge on any atom is 0.255 e. The number of amides is 1. The molecule has 4 aromatic rings. The number of methoxy groups -OCH3 is 1. The first-order valence-electron chi connectivity index (χ1n) is 13.4. The van der Waals surface area contributed by atoms with Crippen LogP contribution in [0.4, 0.5) is 11.4 Å². The van der Waals surface area contributed by atoms with Crippen molar-refractivity contribution in [1.29, 1.82) is 0 Å². The highest BCUT2D eigenvalue weighted by Gasteiger charge is 2.23. The van der Waals surface area contributed by atoms with Crippen LogP contribution in [0, 0.1) is 6.92 Å². The van der Waals surface area contributed by atoms with Crippen LogP contribution in [-0.4, -0.2) is 52.2 Å². The first-order chi connectivity index (χ1) is 19.2. The Kier molecular flexibility index (Phi) is 8.25. The van der Waals surface area contributed by atoms with Crippen LogP contribution in [0.2, 0.25) is 0 Å². The molecule has 12 heteroatoms. The second-order valence-electron chi connectivity index (χ2n) is 10.9. The fourth-order valence-corrected chi connectivity index (χ4v) is 5.03. The van der Waals surface area contributed by atoms with Crippen molar-refractivity contribution in [3.8, 4) is 22.8 Å². The minimum Gasteiger partial charge on any atom is -0.492 e. The second kappa shape index (κ2) is 11.4. The van der Waals surface area contributed by atoms with Gasteiger partial charge in [-0.25, -0.2) is 18.1 Å². The summed E-state index contributed by atoms with van der Waals surface area (Å²) < 4.78 is 35.9. The Hall–Kier alpha value is -4.19. The van der Waals surface area contributed by atoms with Gasteiger partial charge in [-0.05, 0) is 54.7 Å². The van der Waals surface area contributed by atoms with Crippen molar-refractivity contribution in [3.05, 3.63) is 65.2 Å². The molecule has 41 heavy (non-hydrogen) atoms. The first-order valence-corrected chi connectivity index (χ1v) is 15.2. The molecule has 0 aliphatic carbocycles. The molecule has 0 aliphatic heterocycles. The monoisotopic (exact) mass is 579 g/mol. The number of imidazole rings is 1. The molecule has 0 radical (unpaired) electrons. The molecule has 0 aliphatic rings. The molecule has 2 N–H and O–H groups in total. The summed E-state index contributed by atoms with van der Waals surface area (Å²) in [5.74, 6) is 0.797. The molecule has 2 aromatic carbocycles. The smallest absolute Gasteiger partial charge is 0.255 e. The lowest BCUT2D eigenvalue weighted by atomic mass is 9.86. The predicted molar refractivity (Wildman–Crippen MR) is 160 cm³/mol. The van der Waals surface area contributed by atoms with E-state index in [4.69, 9.17) is 4.74 Å². The number of rotatable bonds is 9. The van der Waals surface area contributed by atoms with Crippen molar-refractivity contribution in [2.24, 2.45) is 0 Å². The molecule has 0 spiro atoms. The number of hydrogen-bond acceptors (Lipinski definition) is 7. The molecule has 1 amide bonds. The highest BCUT2D eigenvalue weighted by Crippen LogP contribution is 2.39. The van der Waals surface area contributed by atoms with Gasteiger partial charge in [0.05, 0.1) is 36.6 Å². The molecule has 2 aromatic heterocycles. The van der Waals surface area contributed by atoms with Gasteiger partial charge in [-0.3, -0.25) is 9.52 Å². The van der Waals surface area contributed by atoms with Gasteiger partial charge in [-0.15, -0.1) is 5.10 Å². The largest absolute Gasteiger partial charge is 0.492 e. The zero-order chi connectivity index (χ0) is 30.1. The first kappa shape index (κ1) is 29.8. The lowest BCUT2D eigenvalue weighted by Gasteiger charge is -2.24. The Balaban J connectivity index is 1.69. The van der Waals surface area contributed by atoms with E-state index in [1.807, 2.05) is 40.0 Å². The van der Waals surface area contributed by atoms with Crippen LogP contribution < -0.4 is 14.8 Å². The molecule has 0 bridgehead atoms. The predicted octanol–water partition coefficient (Wildman–Crippen LogP) is 4.95. The summed E-state index contributed by atoms with van der Waals surface area (Å²) in [6.45, 7) is 12.9. The van der Waals surface area contributed by atoms with Crippen molar-refractivity contribution in [2.75, 3.05) is 23.4 Å². The molecular weight excluding hydrogens is 542 g/mol. The Bertz CT molecular complexity index is 1680. The molecule has 0 atom stereocenters. The maximum absolute atomic E-state index is 13.5. The van der Waals surface area contributed by atoms with E-state index in [1.54, 1.807) is 35.1 Å². The number of benzene rings is 2. The van der Waals surface area contributed by atoms with Gasteiger partial charge in [0.15, 0.2) is 5.75 Å². The zero-order valence-corrected chi connectivity index (χ0v) is 25.5. The Labute approximate surface area is 241 Å². The van der Waals surface area contributed by atoms with Crippen molar-refractivity contribution in [3.63, 3.8) is 0 Å². The number of ether oxygens (including phenoxy) is 1. The molecular formula is C29H37N7O4S. The topological polar surface area (TPSA) is 133 Å². The van der Waals surface area contributed by atoms with Crippen molar-refractivity contribution in [1.82, 2.24) is 24.5 Å². The molecule has 11 nitrogen and oxygen atoms in total. The van der Waals surface area contributed by atoms with E-state index in [2.05, 4.69) is 43.7 Å². The van der Waals surface area contributed by atoms with Gasteiger partial charge in [-0.1, -0.05) is 39.0 Å². The van der Waals surface area contributed by atoms with Crippen molar-refractivity contribution < 1.29 is 17.9 Å². The van der Waals surface area contributed by atoms with Crippen LogP contribution in [-0.2, 0) is 28.4 Å². The number of hydrogen-bond donors (Lipinski definition) is 2. The number of aryl methyl sites for hydroxylation is 3. The van der Waals surface area contributed by atoms with E-state index in [0.29, 0.717) is 22.6 Å². The number of anilines is 2. The average molecular weight is 580 g/mol. The van der Waals surface area contributed by atoms with E-state index in [-0.39, 0.29) is 16.9 Å². The van der Waals surface area contributed by atoms with E-state index >= 15 is 0 Å². The van der Waals surface area contributed by atoms with Gasteiger partial charge in [0.1, 0.15) is 17.2 Å². The van der Waals surface area contributed by atoms with Crippen LogP contribution >= 0.6 is 0 Å². The summed E-state index contributed by atoms with van der Waals surface area (Å²) in [5.41, 5.74) is 4.43. The van der Waals surface area contributed by atoms with Crippen LogP contribution in [0.15, 0.2) is 42.7 Å². The highest BCUT2D eigenvalue weighted by molar-refractivity contribution is 7.92. The van der Waals surface area contributed by atoms with Gasteiger partial charge >= 0.3 is 0 Å². The summed E-state index contributed by atoms with van der Waals surface area (Å²) in [4.78, 5) is 18.2. The standard InChI is InChI=1S/C29H37N7O4S/c1-9-26-30-23(16-35(26)10-2)24-17-36(34-32-24)25-13-19(12-11-18(25)3)28(37)31-21-14-20(29(4,5)6)15-22(27(21)40-7)33-41(8,38)39/h11-17,33H,9-10H2,1-8H3,(H,31,37). The molecule has 2 heterocycles. The van der Waals surface area contributed by atoms with E-state index in [0.717, 1.165) is 41.9 Å². The number of nitrogens with one attached hydrogen (secondary N) is 2. The van der Waals surface area contributed by atoms with Crippen LogP contribution in [0.25, 0.3) is 17.1 Å². The molecule has 4 rings (SSSR count). The summed E-state index contributed by atoms with van der Waals surface area (Å²) in [6.07, 6.45) is 5.64. The fraction of sp³-hybridized carbons (Fsp3) is 0.379. The van der Waals surface area contributed by atoms with Crippen molar-refractivity contribution >= 4 is 27.3 Å². The quantitative estimate of drug-likeness (QED) is 0.287. The third-order valence-electron chi connectivity index (χ3n) is 6.69. The van der Waals surface area contributed by atoms with Gasteiger partial charge in [-0.2, -0.15) is 0 Å². The highest BCUT2D eigenvalue weighted by atomic mass is 32.2. The summed E-state index contributed by atoms with van der Waals surface area (Å²) in [5, 5.41) is 11.5. The third kappa shape index (κ3) is 6.59. The average Bonchev–Trinajstić information content (AvgIpc) is 3.54. The van der Waals surface area contributed by atoms with E-state index < -0.39 is 15.9 Å². The van der Waals surface area contributed by atoms with E-state index in [9.17, 15) is 13.2 Å². The second-order valence-corrected chi connectivity index (χ2v) is 12.7. The summed E-state index contributed by atoms with van der Waals surface area (Å²) in [7, 11) is -2.17. The Morgan fingerprint density at radius 1 is 1.05 bits per heavy atom. The number of aromatic nitrogens is 5.